The standard InChI is InChI=1S/C24H21N5O6/c1-34-18-11-14(10-17-12-27-24(26)28-22(17)25)9-16(21(18)35-2)8-5-13-3-6-15(7-4-13)20(30)19(29-33)23(31)32/h3-4,6-7,9,11-12,30H,10H2,1-2H3,(H,31,32)(H4,25,26,27,28). The van der Waals surface area contributed by atoms with E-state index in [0.717, 1.165) is 5.56 Å². The molecule has 3 aromatic rings. The highest BCUT2D eigenvalue weighted by atomic mass is 16.5. The first-order valence-electron chi connectivity index (χ1n) is 10.0. The Morgan fingerprint density at radius 1 is 1.09 bits per heavy atom. The summed E-state index contributed by atoms with van der Waals surface area (Å²) in [4.78, 5) is 29.6. The first kappa shape index (κ1) is 24.5. The van der Waals surface area contributed by atoms with Gasteiger partial charge in [-0.15, -0.1) is 4.91 Å². The minimum Gasteiger partial charge on any atom is -0.505 e. The summed E-state index contributed by atoms with van der Waals surface area (Å²) in [7, 11) is 3.01. The topological polar surface area (TPSA) is 183 Å². The Bertz CT molecular complexity index is 1370. The molecule has 11 heteroatoms. The number of nitroso groups, excluding NO2 is 1. The number of hydrogen-bond donors (Lipinski definition) is 4. The monoisotopic (exact) mass is 475 g/mol. The van der Waals surface area contributed by atoms with Gasteiger partial charge in [-0.2, -0.15) is 4.98 Å². The number of nitrogens with two attached hydrogens (primary N) is 2. The highest BCUT2D eigenvalue weighted by Crippen LogP contribution is 2.33. The SMILES string of the molecule is COc1cc(Cc2cnc(N)nc2N)cc(C#Cc2ccc(C(O)=C(N=O)C(=O)O)cc2)c1OC. The maximum Gasteiger partial charge on any atom is 0.362 e. The Kier molecular flexibility index (Phi) is 7.48. The Morgan fingerprint density at radius 2 is 1.80 bits per heavy atom. The Labute approximate surface area is 200 Å². The molecule has 0 amide bonds. The number of aliphatic hydroxyl groups is 1. The lowest BCUT2D eigenvalue weighted by Gasteiger charge is -2.13. The summed E-state index contributed by atoms with van der Waals surface area (Å²) < 4.78 is 10.9. The Balaban J connectivity index is 1.97. The molecule has 0 saturated heterocycles. The van der Waals surface area contributed by atoms with Gasteiger partial charge in [0.15, 0.2) is 17.3 Å². The zero-order valence-corrected chi connectivity index (χ0v) is 18.8. The van der Waals surface area contributed by atoms with Crippen LogP contribution in [0.1, 0.15) is 27.8 Å². The van der Waals surface area contributed by atoms with Crippen LogP contribution in [0.3, 0.4) is 0 Å². The van der Waals surface area contributed by atoms with Gasteiger partial charge in [0.1, 0.15) is 5.82 Å². The van der Waals surface area contributed by atoms with Gasteiger partial charge >= 0.3 is 5.97 Å². The number of methoxy groups -OCH3 is 2. The van der Waals surface area contributed by atoms with Crippen molar-refractivity contribution < 1.29 is 24.5 Å². The molecule has 1 heterocycles. The van der Waals surface area contributed by atoms with E-state index in [2.05, 4.69) is 27.0 Å². The van der Waals surface area contributed by atoms with Crippen molar-refractivity contribution in [3.8, 4) is 23.3 Å². The van der Waals surface area contributed by atoms with E-state index in [1.165, 1.54) is 26.4 Å². The normalized spacial score (nSPS) is 11.0. The van der Waals surface area contributed by atoms with E-state index in [1.807, 2.05) is 6.07 Å². The lowest BCUT2D eigenvalue weighted by Crippen LogP contribution is -2.04. The van der Waals surface area contributed by atoms with E-state index in [1.54, 1.807) is 24.4 Å². The second-order valence-corrected chi connectivity index (χ2v) is 7.12. The molecule has 0 aliphatic heterocycles. The Hall–Kier alpha value is -5.11. The van der Waals surface area contributed by atoms with Crippen LogP contribution in [0.15, 0.2) is 53.5 Å². The average molecular weight is 475 g/mol. The number of anilines is 2. The van der Waals surface area contributed by atoms with Crippen molar-refractivity contribution in [2.75, 3.05) is 25.7 Å². The number of carbonyl (C=O) groups is 1. The van der Waals surface area contributed by atoms with Crippen LogP contribution in [0.2, 0.25) is 0 Å². The number of aliphatic hydroxyl groups excluding tert-OH is 1. The third-order valence-corrected chi connectivity index (χ3v) is 4.87. The molecular weight excluding hydrogens is 454 g/mol. The van der Waals surface area contributed by atoms with Gasteiger partial charge in [-0.3, -0.25) is 0 Å². The number of nitrogen functional groups attached to an aromatic ring is 2. The van der Waals surface area contributed by atoms with Crippen molar-refractivity contribution in [3.05, 3.63) is 81.0 Å². The summed E-state index contributed by atoms with van der Waals surface area (Å²) in [5.41, 5.74) is 13.2. The maximum absolute atomic E-state index is 11.0. The fourth-order valence-electron chi connectivity index (χ4n) is 3.18. The smallest absolute Gasteiger partial charge is 0.362 e. The van der Waals surface area contributed by atoms with Crippen LogP contribution in [0.4, 0.5) is 11.8 Å². The zero-order valence-electron chi connectivity index (χ0n) is 18.8. The minimum absolute atomic E-state index is 0.0848. The molecule has 0 unspecified atom stereocenters. The molecule has 0 spiro atoms. The van der Waals surface area contributed by atoms with Gasteiger partial charge in [0.2, 0.25) is 11.6 Å². The van der Waals surface area contributed by atoms with Crippen molar-refractivity contribution in [2.24, 2.45) is 5.18 Å². The predicted molar refractivity (Wildman–Crippen MR) is 129 cm³/mol. The van der Waals surface area contributed by atoms with E-state index in [9.17, 15) is 14.8 Å². The molecule has 6 N–H and O–H groups in total. The van der Waals surface area contributed by atoms with Crippen LogP contribution in [0, 0.1) is 16.7 Å². The first-order chi connectivity index (χ1) is 16.8. The van der Waals surface area contributed by atoms with Crippen LogP contribution in [0.25, 0.3) is 5.76 Å². The van der Waals surface area contributed by atoms with Gasteiger partial charge in [0.05, 0.1) is 19.8 Å². The second-order valence-electron chi connectivity index (χ2n) is 7.12. The molecule has 1 aromatic heterocycles. The fourth-order valence-corrected chi connectivity index (χ4v) is 3.18. The fraction of sp³-hybridized carbons (Fsp3) is 0.125. The number of aliphatic carboxylic acids is 1. The number of carboxylic acid groups (broad SMARTS) is 1. The number of benzene rings is 2. The third-order valence-electron chi connectivity index (χ3n) is 4.87. The van der Waals surface area contributed by atoms with Crippen molar-refractivity contribution >= 4 is 23.5 Å². The lowest BCUT2D eigenvalue weighted by molar-refractivity contribution is -0.132. The number of ether oxygens (including phenoxy) is 2. The molecule has 0 aliphatic rings. The number of aromatic nitrogens is 2. The molecular formula is C24H21N5O6. The van der Waals surface area contributed by atoms with Crippen LogP contribution in [-0.2, 0) is 11.2 Å². The summed E-state index contributed by atoms with van der Waals surface area (Å²) in [6.07, 6.45) is 1.96. The minimum atomic E-state index is -1.63. The van der Waals surface area contributed by atoms with Gasteiger partial charge in [-0.25, -0.2) is 9.78 Å². The molecule has 0 fully saturated rings. The quantitative estimate of drug-likeness (QED) is 0.171. The zero-order chi connectivity index (χ0) is 25.5. The summed E-state index contributed by atoms with van der Waals surface area (Å²) in [5, 5.41) is 21.3. The first-order valence-corrected chi connectivity index (χ1v) is 10.0. The van der Waals surface area contributed by atoms with Crippen LogP contribution in [0.5, 0.6) is 11.5 Å². The van der Waals surface area contributed by atoms with Crippen LogP contribution < -0.4 is 20.9 Å². The summed E-state index contributed by atoms with van der Waals surface area (Å²) in [6, 6.07) is 9.58. The molecule has 2 aromatic carbocycles. The predicted octanol–water partition coefficient (Wildman–Crippen LogP) is 2.73. The van der Waals surface area contributed by atoms with Crippen molar-refractivity contribution in [3.63, 3.8) is 0 Å². The molecule has 0 saturated carbocycles. The Morgan fingerprint density at radius 3 is 2.37 bits per heavy atom. The van der Waals surface area contributed by atoms with Crippen molar-refractivity contribution in [2.45, 2.75) is 6.42 Å². The summed E-state index contributed by atoms with van der Waals surface area (Å²) in [5.74, 6) is 4.90. The molecule has 178 valence electrons. The van der Waals surface area contributed by atoms with Gasteiger partial charge < -0.3 is 31.2 Å². The largest absolute Gasteiger partial charge is 0.505 e. The summed E-state index contributed by atoms with van der Waals surface area (Å²) >= 11 is 0. The molecule has 0 aliphatic carbocycles. The molecule has 3 rings (SSSR count). The van der Waals surface area contributed by atoms with Gasteiger partial charge in [0.25, 0.3) is 0 Å². The molecule has 0 bridgehead atoms. The van der Waals surface area contributed by atoms with Gasteiger partial charge in [-0.1, -0.05) is 11.8 Å². The van der Waals surface area contributed by atoms with Crippen LogP contribution >= 0.6 is 0 Å². The van der Waals surface area contributed by atoms with Gasteiger partial charge in [-0.05, 0) is 47.1 Å². The van der Waals surface area contributed by atoms with E-state index in [4.69, 9.17) is 26.0 Å². The maximum atomic E-state index is 11.0. The van der Waals surface area contributed by atoms with Crippen molar-refractivity contribution in [1.29, 1.82) is 0 Å². The van der Waals surface area contributed by atoms with Gasteiger partial charge in [0, 0.05) is 29.3 Å². The highest BCUT2D eigenvalue weighted by Gasteiger charge is 2.17. The molecule has 0 atom stereocenters. The second kappa shape index (κ2) is 10.7. The lowest BCUT2D eigenvalue weighted by atomic mass is 10.0. The number of hydrogen-bond acceptors (Lipinski definition) is 10. The average Bonchev–Trinajstić information content (AvgIpc) is 2.84. The highest BCUT2D eigenvalue weighted by molar-refractivity contribution is 5.94. The number of nitrogens with zero attached hydrogens (tertiary/aromatic N) is 3. The van der Waals surface area contributed by atoms with E-state index < -0.39 is 17.4 Å². The molecule has 11 nitrogen and oxygen atoms in total. The van der Waals surface area contributed by atoms with E-state index in [0.29, 0.717) is 34.6 Å². The molecule has 0 radical (unpaired) electrons. The van der Waals surface area contributed by atoms with Crippen molar-refractivity contribution in [1.82, 2.24) is 9.97 Å². The van der Waals surface area contributed by atoms with E-state index in [-0.39, 0.29) is 17.3 Å². The van der Waals surface area contributed by atoms with E-state index >= 15 is 0 Å². The molecule has 35 heavy (non-hydrogen) atoms. The number of rotatable bonds is 7. The number of carboxylic acids is 1. The van der Waals surface area contributed by atoms with Crippen LogP contribution in [-0.4, -0.2) is 40.4 Å². The summed E-state index contributed by atoms with van der Waals surface area (Å²) in [6.45, 7) is 0. The third kappa shape index (κ3) is 5.63.